The summed E-state index contributed by atoms with van der Waals surface area (Å²) < 4.78 is 30.8. The first-order valence-corrected chi connectivity index (χ1v) is 6.47. The topological polar surface area (TPSA) is 38.3 Å². The van der Waals surface area contributed by atoms with Crippen molar-refractivity contribution in [3.8, 4) is 5.75 Å². The van der Waals surface area contributed by atoms with Crippen molar-refractivity contribution < 1.29 is 18.3 Å². The van der Waals surface area contributed by atoms with Crippen LogP contribution in [0.15, 0.2) is 36.4 Å². The molecule has 0 radical (unpaired) electrons. The Morgan fingerprint density at radius 1 is 1.19 bits per heavy atom. The summed E-state index contributed by atoms with van der Waals surface area (Å²) in [5.41, 5.74) is 1.42. The first kappa shape index (κ1) is 15.3. The van der Waals surface area contributed by atoms with Gasteiger partial charge in [-0.25, -0.2) is 8.78 Å². The molecule has 1 amide bonds. The van der Waals surface area contributed by atoms with Crippen molar-refractivity contribution in [2.24, 2.45) is 0 Å². The molecule has 0 spiro atoms. The van der Waals surface area contributed by atoms with Crippen molar-refractivity contribution in [2.45, 2.75) is 6.92 Å². The summed E-state index contributed by atoms with van der Waals surface area (Å²) in [5, 5.41) is 3.13. The second-order valence-electron chi connectivity index (χ2n) is 4.37. The SMILES string of the molecule is Cc1ccc(Cl)cc1NC(=O)COc1ccc(F)c(F)c1. The van der Waals surface area contributed by atoms with Gasteiger partial charge < -0.3 is 10.1 Å². The molecule has 6 heteroatoms. The van der Waals surface area contributed by atoms with E-state index in [1.165, 1.54) is 6.07 Å². The third-order valence-corrected chi connectivity index (χ3v) is 2.97. The second-order valence-corrected chi connectivity index (χ2v) is 4.81. The van der Waals surface area contributed by atoms with E-state index in [1.54, 1.807) is 18.2 Å². The number of ether oxygens (including phenoxy) is 1. The first-order chi connectivity index (χ1) is 9.95. The fourth-order valence-corrected chi connectivity index (χ4v) is 1.80. The van der Waals surface area contributed by atoms with E-state index in [0.717, 1.165) is 17.7 Å². The van der Waals surface area contributed by atoms with Crippen LogP contribution in [0.3, 0.4) is 0 Å². The molecule has 0 aliphatic carbocycles. The average Bonchev–Trinajstić information content (AvgIpc) is 2.44. The number of carbonyl (C=O) groups is 1. The van der Waals surface area contributed by atoms with Crippen molar-refractivity contribution >= 4 is 23.2 Å². The molecule has 0 aliphatic heterocycles. The number of hydrogen-bond donors (Lipinski definition) is 1. The van der Waals surface area contributed by atoms with Gasteiger partial charge in [0.05, 0.1) is 0 Å². The average molecular weight is 312 g/mol. The minimum absolute atomic E-state index is 0.0758. The van der Waals surface area contributed by atoms with Crippen LogP contribution in [0, 0.1) is 18.6 Å². The molecule has 0 aromatic heterocycles. The Morgan fingerprint density at radius 2 is 1.95 bits per heavy atom. The monoisotopic (exact) mass is 311 g/mol. The minimum atomic E-state index is -1.03. The lowest BCUT2D eigenvalue weighted by Gasteiger charge is -2.10. The number of nitrogens with one attached hydrogen (secondary N) is 1. The van der Waals surface area contributed by atoms with Gasteiger partial charge in [0.15, 0.2) is 18.2 Å². The van der Waals surface area contributed by atoms with Gasteiger partial charge in [-0.15, -0.1) is 0 Å². The van der Waals surface area contributed by atoms with Crippen molar-refractivity contribution in [2.75, 3.05) is 11.9 Å². The van der Waals surface area contributed by atoms with Crippen LogP contribution in [0.5, 0.6) is 5.75 Å². The molecule has 0 saturated heterocycles. The largest absolute Gasteiger partial charge is 0.484 e. The zero-order chi connectivity index (χ0) is 15.4. The van der Waals surface area contributed by atoms with Gasteiger partial charge in [0.25, 0.3) is 5.91 Å². The Balaban J connectivity index is 1.95. The van der Waals surface area contributed by atoms with Crippen molar-refractivity contribution in [1.29, 1.82) is 0 Å². The van der Waals surface area contributed by atoms with Gasteiger partial charge in [0, 0.05) is 16.8 Å². The Labute approximate surface area is 125 Å². The molecule has 0 heterocycles. The third-order valence-electron chi connectivity index (χ3n) is 2.73. The number of carbonyl (C=O) groups excluding carboxylic acids is 1. The van der Waals surface area contributed by atoms with E-state index in [4.69, 9.17) is 16.3 Å². The predicted molar refractivity (Wildman–Crippen MR) is 76.7 cm³/mol. The summed E-state index contributed by atoms with van der Waals surface area (Å²) in [5.74, 6) is -2.35. The maximum atomic E-state index is 13.0. The van der Waals surface area contributed by atoms with Crippen LogP contribution in [-0.4, -0.2) is 12.5 Å². The highest BCUT2D eigenvalue weighted by Gasteiger charge is 2.08. The quantitative estimate of drug-likeness (QED) is 0.928. The van der Waals surface area contributed by atoms with Crippen molar-refractivity contribution in [3.05, 3.63) is 58.6 Å². The Kier molecular flexibility index (Phi) is 4.75. The number of aryl methyl sites for hydroxylation is 1. The van der Waals surface area contributed by atoms with E-state index in [-0.39, 0.29) is 12.4 Å². The van der Waals surface area contributed by atoms with Gasteiger partial charge in [-0.1, -0.05) is 17.7 Å². The predicted octanol–water partition coefficient (Wildman–Crippen LogP) is 3.94. The molecule has 0 atom stereocenters. The van der Waals surface area contributed by atoms with Gasteiger partial charge in [-0.2, -0.15) is 0 Å². The van der Waals surface area contributed by atoms with E-state index in [0.29, 0.717) is 10.7 Å². The molecule has 0 saturated carbocycles. The highest BCUT2D eigenvalue weighted by molar-refractivity contribution is 6.31. The third kappa shape index (κ3) is 4.16. The first-order valence-electron chi connectivity index (χ1n) is 6.09. The molecule has 2 aromatic carbocycles. The Bertz CT molecular complexity index is 677. The van der Waals surface area contributed by atoms with Gasteiger partial charge in [0.2, 0.25) is 0 Å². The molecule has 0 unspecified atom stereocenters. The molecule has 0 aliphatic rings. The van der Waals surface area contributed by atoms with Gasteiger partial charge in [-0.3, -0.25) is 4.79 Å². The van der Waals surface area contributed by atoms with E-state index in [1.807, 2.05) is 6.92 Å². The van der Waals surface area contributed by atoms with Gasteiger partial charge in [0.1, 0.15) is 5.75 Å². The van der Waals surface area contributed by atoms with Crippen LogP contribution in [0.1, 0.15) is 5.56 Å². The summed E-state index contributed by atoms with van der Waals surface area (Å²) in [4.78, 5) is 11.8. The summed E-state index contributed by atoms with van der Waals surface area (Å²) >= 11 is 5.85. The van der Waals surface area contributed by atoms with E-state index in [2.05, 4.69) is 5.32 Å². The smallest absolute Gasteiger partial charge is 0.262 e. The minimum Gasteiger partial charge on any atom is -0.484 e. The molecule has 21 heavy (non-hydrogen) atoms. The van der Waals surface area contributed by atoms with Crippen LogP contribution in [0.25, 0.3) is 0 Å². The maximum absolute atomic E-state index is 13.0. The molecular weight excluding hydrogens is 300 g/mol. The fraction of sp³-hybridized carbons (Fsp3) is 0.133. The normalized spacial score (nSPS) is 10.3. The number of hydrogen-bond acceptors (Lipinski definition) is 2. The standard InChI is InChI=1S/C15H12ClF2NO2/c1-9-2-3-10(16)6-14(9)19-15(20)8-21-11-4-5-12(17)13(18)7-11/h2-7H,8H2,1H3,(H,19,20). The van der Waals surface area contributed by atoms with Gasteiger partial charge in [-0.05, 0) is 36.8 Å². The van der Waals surface area contributed by atoms with Crippen molar-refractivity contribution in [3.63, 3.8) is 0 Å². The molecular formula is C15H12ClF2NO2. The van der Waals surface area contributed by atoms with E-state index in [9.17, 15) is 13.6 Å². The lowest BCUT2D eigenvalue weighted by atomic mass is 10.2. The van der Waals surface area contributed by atoms with Gasteiger partial charge >= 0.3 is 0 Å². The summed E-state index contributed by atoms with van der Waals surface area (Å²) in [7, 11) is 0. The van der Waals surface area contributed by atoms with Crippen LogP contribution >= 0.6 is 11.6 Å². The van der Waals surface area contributed by atoms with E-state index < -0.39 is 17.5 Å². The molecule has 0 bridgehead atoms. The fourth-order valence-electron chi connectivity index (χ4n) is 1.63. The highest BCUT2D eigenvalue weighted by atomic mass is 35.5. The van der Waals surface area contributed by atoms with Crippen LogP contribution in [0.2, 0.25) is 5.02 Å². The van der Waals surface area contributed by atoms with Crippen LogP contribution < -0.4 is 10.1 Å². The summed E-state index contributed by atoms with van der Waals surface area (Å²) in [6, 6.07) is 8.16. The van der Waals surface area contributed by atoms with Crippen LogP contribution in [-0.2, 0) is 4.79 Å². The lowest BCUT2D eigenvalue weighted by molar-refractivity contribution is -0.118. The summed E-state index contributed by atoms with van der Waals surface area (Å²) in [6.07, 6.45) is 0. The number of rotatable bonds is 4. The van der Waals surface area contributed by atoms with Crippen LogP contribution in [0.4, 0.5) is 14.5 Å². The zero-order valence-electron chi connectivity index (χ0n) is 11.1. The maximum Gasteiger partial charge on any atom is 0.262 e. The Morgan fingerprint density at radius 3 is 2.67 bits per heavy atom. The second kappa shape index (κ2) is 6.54. The van der Waals surface area contributed by atoms with E-state index >= 15 is 0 Å². The number of halogens is 3. The molecule has 3 nitrogen and oxygen atoms in total. The molecule has 110 valence electrons. The number of benzene rings is 2. The van der Waals surface area contributed by atoms with Crippen molar-refractivity contribution in [1.82, 2.24) is 0 Å². The Hall–Kier alpha value is -2.14. The molecule has 2 aromatic rings. The number of amides is 1. The number of anilines is 1. The molecule has 0 fully saturated rings. The molecule has 2 rings (SSSR count). The summed E-state index contributed by atoms with van der Waals surface area (Å²) in [6.45, 7) is 1.50. The highest BCUT2D eigenvalue weighted by Crippen LogP contribution is 2.20. The lowest BCUT2D eigenvalue weighted by Crippen LogP contribution is -2.20. The zero-order valence-corrected chi connectivity index (χ0v) is 11.9. The molecule has 1 N–H and O–H groups in total.